The van der Waals surface area contributed by atoms with Gasteiger partial charge in [-0.25, -0.2) is 0 Å². The molecule has 2 aliphatic rings. The van der Waals surface area contributed by atoms with Gasteiger partial charge in [0.25, 0.3) is 0 Å². The molecule has 96 valence electrons. The van der Waals surface area contributed by atoms with Crippen molar-refractivity contribution in [3.05, 3.63) is 42.0 Å². The highest BCUT2D eigenvalue weighted by Gasteiger charge is 2.43. The van der Waals surface area contributed by atoms with Crippen molar-refractivity contribution in [1.29, 1.82) is 0 Å². The quantitative estimate of drug-likeness (QED) is 0.837. The third-order valence-corrected chi connectivity index (χ3v) is 4.42. The molecule has 2 saturated heterocycles. The number of nitrogens with one attached hydrogen (secondary N) is 1. The van der Waals surface area contributed by atoms with Crippen LogP contribution in [-0.4, -0.2) is 17.2 Å². The van der Waals surface area contributed by atoms with E-state index >= 15 is 0 Å². The lowest BCUT2D eigenvalue weighted by Gasteiger charge is -2.37. The summed E-state index contributed by atoms with van der Waals surface area (Å²) in [6.45, 7) is 5.95. The maximum atomic E-state index is 10.9. The van der Waals surface area contributed by atoms with Gasteiger partial charge in [-0.15, -0.1) is 0 Å². The van der Waals surface area contributed by atoms with E-state index in [1.807, 2.05) is 6.92 Å². The van der Waals surface area contributed by atoms with E-state index in [-0.39, 0.29) is 0 Å². The zero-order valence-corrected chi connectivity index (χ0v) is 10.9. The van der Waals surface area contributed by atoms with E-state index in [1.54, 1.807) is 0 Å². The summed E-state index contributed by atoms with van der Waals surface area (Å²) >= 11 is 0. The first-order chi connectivity index (χ1) is 8.57. The number of rotatable bonds is 2. The molecule has 2 unspecified atom stereocenters. The second-order valence-electron chi connectivity index (χ2n) is 5.94. The maximum absolute atomic E-state index is 10.9. The Balaban J connectivity index is 1.87. The van der Waals surface area contributed by atoms with Crippen molar-refractivity contribution in [3.63, 3.8) is 0 Å². The molecule has 0 amide bonds. The van der Waals surface area contributed by atoms with Gasteiger partial charge in [-0.3, -0.25) is 0 Å². The lowest BCUT2D eigenvalue weighted by Crippen LogP contribution is -2.46. The van der Waals surface area contributed by atoms with Crippen molar-refractivity contribution in [2.45, 2.75) is 50.3 Å². The second kappa shape index (κ2) is 4.22. The fourth-order valence-corrected chi connectivity index (χ4v) is 3.42. The lowest BCUT2D eigenvalue weighted by atomic mass is 9.81. The molecule has 18 heavy (non-hydrogen) atoms. The fourth-order valence-electron chi connectivity index (χ4n) is 3.42. The van der Waals surface area contributed by atoms with Crippen LogP contribution in [0.1, 0.15) is 43.7 Å². The molecule has 0 radical (unpaired) electrons. The molecule has 2 bridgehead atoms. The number of fused-ring (bicyclic) bond motifs is 2. The van der Waals surface area contributed by atoms with Crippen LogP contribution in [0, 0.1) is 0 Å². The van der Waals surface area contributed by atoms with Crippen molar-refractivity contribution < 1.29 is 5.11 Å². The third kappa shape index (κ3) is 2.00. The summed E-state index contributed by atoms with van der Waals surface area (Å²) in [5.41, 5.74) is 2.65. The van der Waals surface area contributed by atoms with Crippen LogP contribution in [-0.2, 0) is 5.60 Å². The van der Waals surface area contributed by atoms with Crippen molar-refractivity contribution in [3.8, 4) is 0 Å². The minimum absolute atomic E-state index is 0.495. The molecule has 0 aliphatic carbocycles. The summed E-state index contributed by atoms with van der Waals surface area (Å²) in [5.74, 6) is 0. The number of hydrogen-bond acceptors (Lipinski definition) is 2. The van der Waals surface area contributed by atoms with Crippen LogP contribution in [0.3, 0.4) is 0 Å². The van der Waals surface area contributed by atoms with Gasteiger partial charge in [0, 0.05) is 12.1 Å². The van der Waals surface area contributed by atoms with Crippen LogP contribution >= 0.6 is 0 Å². The van der Waals surface area contributed by atoms with Crippen molar-refractivity contribution in [1.82, 2.24) is 5.32 Å². The van der Waals surface area contributed by atoms with Crippen LogP contribution in [0.5, 0.6) is 0 Å². The van der Waals surface area contributed by atoms with E-state index in [2.05, 4.69) is 36.2 Å². The highest BCUT2D eigenvalue weighted by atomic mass is 16.3. The number of hydrogen-bond donors (Lipinski definition) is 2. The summed E-state index contributed by atoms with van der Waals surface area (Å²) in [4.78, 5) is 0. The van der Waals surface area contributed by atoms with Gasteiger partial charge in [0.1, 0.15) is 0 Å². The molecule has 1 aromatic rings. The first-order valence-corrected chi connectivity index (χ1v) is 6.82. The fraction of sp³-hybridized carbons (Fsp3) is 0.500. The average molecular weight is 243 g/mol. The third-order valence-electron chi connectivity index (χ3n) is 4.42. The number of aliphatic hydroxyl groups is 1. The van der Waals surface area contributed by atoms with Crippen LogP contribution in [0.4, 0.5) is 0 Å². The van der Waals surface area contributed by atoms with Crippen molar-refractivity contribution >= 4 is 5.57 Å². The second-order valence-corrected chi connectivity index (χ2v) is 5.94. The van der Waals surface area contributed by atoms with E-state index in [1.165, 1.54) is 12.8 Å². The van der Waals surface area contributed by atoms with Crippen LogP contribution in [0.25, 0.3) is 5.57 Å². The molecular formula is C16H21NO. The zero-order chi connectivity index (χ0) is 12.8. The van der Waals surface area contributed by atoms with Gasteiger partial charge in [-0.1, -0.05) is 36.4 Å². The topological polar surface area (TPSA) is 32.3 Å². The molecule has 2 aliphatic heterocycles. The van der Waals surface area contributed by atoms with Crippen LogP contribution in [0.2, 0.25) is 0 Å². The summed E-state index contributed by atoms with van der Waals surface area (Å²) in [6.07, 6.45) is 4.10. The minimum Gasteiger partial charge on any atom is -0.385 e. The molecule has 3 rings (SSSR count). The molecule has 0 spiro atoms. The largest absolute Gasteiger partial charge is 0.385 e. The predicted octanol–water partition coefficient (Wildman–Crippen LogP) is 2.82. The Hall–Kier alpha value is -1.12. The Labute approximate surface area is 109 Å². The summed E-state index contributed by atoms with van der Waals surface area (Å²) in [5, 5.41) is 14.5. The van der Waals surface area contributed by atoms with E-state index < -0.39 is 5.60 Å². The summed E-state index contributed by atoms with van der Waals surface area (Å²) in [6, 6.07) is 9.26. The van der Waals surface area contributed by atoms with E-state index in [0.717, 1.165) is 29.5 Å². The molecule has 1 aromatic carbocycles. The standard InChI is InChI=1S/C16H21NO/c1-11(2)12-3-5-13(6-4-12)16(18)9-14-7-8-15(10-16)17-14/h3-6,14-15,17-18H,1,7-10H2,2H3. The van der Waals surface area contributed by atoms with Gasteiger partial charge < -0.3 is 10.4 Å². The molecule has 2 heterocycles. The van der Waals surface area contributed by atoms with Crippen LogP contribution < -0.4 is 5.32 Å². The van der Waals surface area contributed by atoms with Crippen molar-refractivity contribution in [2.24, 2.45) is 0 Å². The zero-order valence-electron chi connectivity index (χ0n) is 10.9. The molecule has 0 aromatic heterocycles. The molecule has 2 nitrogen and oxygen atoms in total. The first kappa shape index (κ1) is 11.9. The first-order valence-electron chi connectivity index (χ1n) is 6.82. The summed E-state index contributed by atoms with van der Waals surface area (Å²) < 4.78 is 0. The molecule has 2 fully saturated rings. The van der Waals surface area contributed by atoms with E-state index in [4.69, 9.17) is 0 Å². The van der Waals surface area contributed by atoms with Gasteiger partial charge in [0.05, 0.1) is 5.60 Å². The van der Waals surface area contributed by atoms with Gasteiger partial charge in [-0.2, -0.15) is 0 Å². The van der Waals surface area contributed by atoms with Gasteiger partial charge >= 0.3 is 0 Å². The minimum atomic E-state index is -0.634. The SMILES string of the molecule is C=C(C)c1ccc(C2(O)CC3CCC(C2)N3)cc1. The molecule has 0 saturated carbocycles. The Morgan fingerprint density at radius 3 is 2.28 bits per heavy atom. The van der Waals surface area contributed by atoms with E-state index in [0.29, 0.717) is 12.1 Å². The predicted molar refractivity (Wildman–Crippen MR) is 74.2 cm³/mol. The smallest absolute Gasteiger partial charge is 0.0926 e. The van der Waals surface area contributed by atoms with Crippen LogP contribution in [0.15, 0.2) is 30.8 Å². The molecule has 2 atom stereocenters. The normalized spacial score (nSPS) is 34.6. The average Bonchev–Trinajstić information content (AvgIpc) is 2.69. The lowest BCUT2D eigenvalue weighted by molar-refractivity contribution is -0.0114. The number of allylic oxidation sites excluding steroid dienone is 1. The highest BCUT2D eigenvalue weighted by Crippen LogP contribution is 2.40. The molecular weight excluding hydrogens is 222 g/mol. The van der Waals surface area contributed by atoms with Crippen molar-refractivity contribution in [2.75, 3.05) is 0 Å². The molecule has 2 N–H and O–H groups in total. The Kier molecular flexibility index (Phi) is 2.80. The summed E-state index contributed by atoms with van der Waals surface area (Å²) in [7, 11) is 0. The Morgan fingerprint density at radius 2 is 1.78 bits per heavy atom. The number of benzene rings is 1. The van der Waals surface area contributed by atoms with Gasteiger partial charge in [0.2, 0.25) is 0 Å². The van der Waals surface area contributed by atoms with Gasteiger partial charge in [0.15, 0.2) is 0 Å². The Bertz CT molecular complexity index is 450. The van der Waals surface area contributed by atoms with Gasteiger partial charge in [-0.05, 0) is 43.7 Å². The number of piperidine rings is 1. The highest BCUT2D eigenvalue weighted by molar-refractivity contribution is 5.61. The van der Waals surface area contributed by atoms with E-state index in [9.17, 15) is 5.11 Å². The Morgan fingerprint density at radius 1 is 1.22 bits per heavy atom. The molecule has 2 heteroatoms. The maximum Gasteiger partial charge on any atom is 0.0926 e. The monoisotopic (exact) mass is 243 g/mol.